The van der Waals surface area contributed by atoms with Gasteiger partial charge in [-0.25, -0.2) is 0 Å². The molecule has 2 heterocycles. The van der Waals surface area contributed by atoms with Crippen molar-refractivity contribution in [1.29, 1.82) is 0 Å². The van der Waals surface area contributed by atoms with Gasteiger partial charge in [0, 0.05) is 0 Å². The first-order valence-electron chi connectivity index (χ1n) is 8.53. The van der Waals surface area contributed by atoms with E-state index in [-0.39, 0.29) is 33.4 Å². The Balaban J connectivity index is 1.72. The molecule has 1 aliphatic heterocycles. The fourth-order valence-corrected chi connectivity index (χ4v) is 3.62. The summed E-state index contributed by atoms with van der Waals surface area (Å²) in [5.41, 5.74) is -0.656. The van der Waals surface area contributed by atoms with Crippen LogP contribution in [0.2, 0.25) is 10.0 Å². The fraction of sp³-hybridized carbons (Fsp3) is 0.158. The summed E-state index contributed by atoms with van der Waals surface area (Å²) in [5, 5.41) is 2.68. The van der Waals surface area contributed by atoms with E-state index in [9.17, 15) is 19.2 Å². The summed E-state index contributed by atoms with van der Waals surface area (Å²) < 4.78 is 6.18. The van der Waals surface area contributed by atoms with Gasteiger partial charge < -0.3 is 15.0 Å². The molecule has 2 N–H and O–H groups in total. The van der Waals surface area contributed by atoms with Crippen molar-refractivity contribution in [2.24, 2.45) is 0 Å². The number of rotatable bonds is 4. The third kappa shape index (κ3) is 3.41. The van der Waals surface area contributed by atoms with Crippen LogP contribution < -0.4 is 16.4 Å². The van der Waals surface area contributed by atoms with Gasteiger partial charge in [0.25, 0.3) is 0 Å². The van der Waals surface area contributed by atoms with Gasteiger partial charge in [-0.1, -0.05) is 53.5 Å². The Bertz CT molecular complexity index is 1270. The first kappa shape index (κ1) is 19.2. The number of esters is 1. The summed E-state index contributed by atoms with van der Waals surface area (Å²) >= 11 is 12.2. The zero-order valence-electron chi connectivity index (χ0n) is 14.7. The summed E-state index contributed by atoms with van der Waals surface area (Å²) in [7, 11) is 0. The van der Waals surface area contributed by atoms with Crippen LogP contribution in [0.3, 0.4) is 0 Å². The van der Waals surface area contributed by atoms with Gasteiger partial charge in [0.05, 0.1) is 33.2 Å². The molecule has 0 fully saturated rings. The maximum Gasteiger partial charge on any atom is 0.317 e. The van der Waals surface area contributed by atoms with Gasteiger partial charge in [0.1, 0.15) is 12.6 Å². The summed E-state index contributed by atoms with van der Waals surface area (Å²) in [5.74, 6) is -1.37. The number of H-pyrrole nitrogens is 1. The third-order valence-electron chi connectivity index (χ3n) is 4.56. The molecule has 1 amide bonds. The summed E-state index contributed by atoms with van der Waals surface area (Å²) in [6.45, 7) is 0.0196. The minimum atomic E-state index is -1.26. The fourth-order valence-electron chi connectivity index (χ4n) is 3.22. The quantitative estimate of drug-likeness (QED) is 0.485. The lowest BCUT2D eigenvalue weighted by molar-refractivity contribution is -0.147. The van der Waals surface area contributed by atoms with Crippen LogP contribution in [0.1, 0.15) is 18.0 Å². The standard InChI is InChI=1S/C19H13Cl2N3O5/c20-10-6-11-16-15(14(10)21)23-17(26)12(24(16)19(28)18(27)22-11)7-13(25)29-8-9-4-2-1-3-5-9/h1-6,12H,7-8H2,(H,22,27)(H,23,26). The lowest BCUT2D eigenvalue weighted by Crippen LogP contribution is -2.45. The van der Waals surface area contributed by atoms with E-state index in [0.29, 0.717) is 0 Å². The van der Waals surface area contributed by atoms with E-state index in [2.05, 4.69) is 10.3 Å². The number of carbonyl (C=O) groups excluding carboxylic acids is 2. The number of ether oxygens (including phenoxy) is 1. The topological polar surface area (TPSA) is 110 Å². The number of hydrogen-bond donors (Lipinski definition) is 2. The molecule has 4 rings (SSSR count). The van der Waals surface area contributed by atoms with Crippen LogP contribution in [-0.4, -0.2) is 21.4 Å². The molecule has 0 aliphatic carbocycles. The van der Waals surface area contributed by atoms with E-state index in [4.69, 9.17) is 27.9 Å². The van der Waals surface area contributed by atoms with Crippen molar-refractivity contribution >= 4 is 51.8 Å². The Morgan fingerprint density at radius 1 is 1.14 bits per heavy atom. The van der Waals surface area contributed by atoms with Gasteiger partial charge in [-0.3, -0.25) is 23.7 Å². The van der Waals surface area contributed by atoms with E-state index in [1.165, 1.54) is 6.07 Å². The minimum absolute atomic E-state index is 0.0196. The molecule has 0 radical (unpaired) electrons. The maximum atomic E-state index is 12.6. The molecule has 3 aromatic rings. The normalized spacial score (nSPS) is 15.2. The second-order valence-electron chi connectivity index (χ2n) is 6.43. The Morgan fingerprint density at radius 2 is 1.86 bits per heavy atom. The molecule has 10 heteroatoms. The van der Waals surface area contributed by atoms with E-state index in [1.54, 1.807) is 24.3 Å². The van der Waals surface area contributed by atoms with Crippen molar-refractivity contribution in [2.75, 3.05) is 5.32 Å². The highest BCUT2D eigenvalue weighted by molar-refractivity contribution is 6.45. The van der Waals surface area contributed by atoms with Crippen LogP contribution >= 0.6 is 23.2 Å². The number of amides is 1. The highest BCUT2D eigenvalue weighted by atomic mass is 35.5. The second-order valence-corrected chi connectivity index (χ2v) is 7.21. The van der Waals surface area contributed by atoms with Crippen molar-refractivity contribution < 1.29 is 14.3 Å². The van der Waals surface area contributed by atoms with E-state index < -0.39 is 35.5 Å². The number of nitrogens with zero attached hydrogens (tertiary/aromatic N) is 1. The van der Waals surface area contributed by atoms with Crippen LogP contribution in [0.4, 0.5) is 5.69 Å². The lowest BCUT2D eigenvalue weighted by Gasteiger charge is -2.27. The Morgan fingerprint density at radius 3 is 2.59 bits per heavy atom. The monoisotopic (exact) mass is 433 g/mol. The van der Waals surface area contributed by atoms with Gasteiger partial charge in [-0.15, -0.1) is 0 Å². The van der Waals surface area contributed by atoms with Crippen LogP contribution in [-0.2, 0) is 20.9 Å². The van der Waals surface area contributed by atoms with Gasteiger partial charge >= 0.3 is 17.1 Å². The Kier molecular flexibility index (Phi) is 4.89. The molecule has 2 aromatic carbocycles. The van der Waals surface area contributed by atoms with Gasteiger partial charge in [0.2, 0.25) is 5.91 Å². The third-order valence-corrected chi connectivity index (χ3v) is 5.35. The predicted molar refractivity (Wildman–Crippen MR) is 107 cm³/mol. The average molecular weight is 434 g/mol. The predicted octanol–water partition coefficient (Wildman–Crippen LogP) is 2.62. The summed E-state index contributed by atoms with van der Waals surface area (Å²) in [4.78, 5) is 52.0. The number of aromatic nitrogens is 2. The van der Waals surface area contributed by atoms with E-state index >= 15 is 0 Å². The smallest absolute Gasteiger partial charge is 0.317 e. The molecule has 1 aliphatic rings. The number of aromatic amines is 1. The molecular formula is C19H13Cl2N3O5. The molecular weight excluding hydrogens is 421 g/mol. The van der Waals surface area contributed by atoms with Gasteiger partial charge in [0.15, 0.2) is 0 Å². The number of anilines is 1. The molecule has 148 valence electrons. The van der Waals surface area contributed by atoms with E-state index in [1.807, 2.05) is 6.07 Å². The molecule has 8 nitrogen and oxygen atoms in total. The first-order valence-corrected chi connectivity index (χ1v) is 9.29. The molecule has 0 spiro atoms. The minimum Gasteiger partial charge on any atom is -0.461 e. The molecule has 0 saturated carbocycles. The van der Waals surface area contributed by atoms with E-state index in [0.717, 1.165) is 10.1 Å². The SMILES string of the molecule is O=C(CC1C(=O)Nc2c(Cl)c(Cl)cc3[nH]c(=O)c(=O)n1c23)OCc1ccccc1. The Labute approximate surface area is 173 Å². The summed E-state index contributed by atoms with van der Waals surface area (Å²) in [6, 6.07) is 9.12. The first-order chi connectivity index (χ1) is 13.9. The summed E-state index contributed by atoms with van der Waals surface area (Å²) in [6.07, 6.45) is -0.434. The molecule has 29 heavy (non-hydrogen) atoms. The van der Waals surface area contributed by atoms with Gasteiger partial charge in [-0.05, 0) is 11.6 Å². The van der Waals surface area contributed by atoms with Crippen molar-refractivity contribution in [3.63, 3.8) is 0 Å². The second kappa shape index (κ2) is 7.38. The molecule has 1 aromatic heterocycles. The zero-order chi connectivity index (χ0) is 20.7. The molecule has 0 saturated heterocycles. The number of benzene rings is 2. The lowest BCUT2D eigenvalue weighted by atomic mass is 10.1. The number of halogens is 2. The van der Waals surface area contributed by atoms with Crippen molar-refractivity contribution in [1.82, 2.24) is 9.55 Å². The van der Waals surface area contributed by atoms with Crippen LogP contribution in [0.15, 0.2) is 46.0 Å². The zero-order valence-corrected chi connectivity index (χ0v) is 16.2. The molecule has 1 unspecified atom stereocenters. The van der Waals surface area contributed by atoms with Crippen LogP contribution in [0.5, 0.6) is 0 Å². The molecule has 1 atom stereocenters. The number of hydrogen-bond acceptors (Lipinski definition) is 5. The highest BCUT2D eigenvalue weighted by Gasteiger charge is 2.34. The van der Waals surface area contributed by atoms with Crippen molar-refractivity contribution in [3.8, 4) is 0 Å². The number of carbonyl (C=O) groups is 2. The number of nitrogens with one attached hydrogen (secondary N) is 2. The molecule has 0 bridgehead atoms. The van der Waals surface area contributed by atoms with Crippen molar-refractivity contribution in [3.05, 3.63) is 72.7 Å². The maximum absolute atomic E-state index is 12.6. The largest absolute Gasteiger partial charge is 0.461 e. The van der Waals surface area contributed by atoms with Gasteiger partial charge in [-0.2, -0.15) is 0 Å². The van der Waals surface area contributed by atoms with Crippen molar-refractivity contribution in [2.45, 2.75) is 19.1 Å². The van der Waals surface area contributed by atoms with Crippen LogP contribution in [0, 0.1) is 0 Å². The Hall–Kier alpha value is -3.10. The highest BCUT2D eigenvalue weighted by Crippen LogP contribution is 2.39. The van der Waals surface area contributed by atoms with Crippen LogP contribution in [0.25, 0.3) is 11.0 Å². The average Bonchev–Trinajstić information content (AvgIpc) is 2.70.